The summed E-state index contributed by atoms with van der Waals surface area (Å²) in [7, 11) is 1.80. The van der Waals surface area contributed by atoms with Crippen molar-refractivity contribution in [3.8, 4) is 0 Å². The number of aryl methyl sites for hydroxylation is 3. The van der Waals surface area contributed by atoms with E-state index >= 15 is 0 Å². The molecule has 28 heavy (non-hydrogen) atoms. The highest BCUT2D eigenvalue weighted by Gasteiger charge is 2.01. The van der Waals surface area contributed by atoms with Crippen molar-refractivity contribution in [2.45, 2.75) is 46.3 Å². The number of hydrogen-bond acceptors (Lipinski definition) is 3. The molecule has 0 saturated carbocycles. The van der Waals surface area contributed by atoms with Gasteiger partial charge in [0.2, 0.25) is 0 Å². The van der Waals surface area contributed by atoms with Crippen LogP contribution < -0.4 is 10.6 Å². The van der Waals surface area contributed by atoms with Crippen LogP contribution in [0.25, 0.3) is 0 Å². The molecule has 1 aromatic heterocycles. The number of aromatic nitrogens is 2. The van der Waals surface area contributed by atoms with E-state index in [0.717, 1.165) is 57.2 Å². The van der Waals surface area contributed by atoms with Crippen LogP contribution in [0.3, 0.4) is 0 Å². The number of aliphatic imine (C=N–C) groups is 1. The fraction of sp³-hybridized carbons (Fsp3) is 0.524. The normalized spacial score (nSPS) is 11.2. The van der Waals surface area contributed by atoms with Crippen LogP contribution in [-0.2, 0) is 17.9 Å². The molecule has 0 atom stereocenters. The molecule has 0 saturated heterocycles. The molecule has 0 unspecified atom stereocenters. The maximum absolute atomic E-state index is 5.70. The summed E-state index contributed by atoms with van der Waals surface area (Å²) in [5.74, 6) is 0.855. The molecule has 0 amide bonds. The lowest BCUT2D eigenvalue weighted by atomic mass is 10.2. The lowest BCUT2D eigenvalue weighted by Gasteiger charge is -2.12. The van der Waals surface area contributed by atoms with E-state index in [1.165, 1.54) is 11.3 Å². The highest BCUT2D eigenvalue weighted by atomic mass is 127. The van der Waals surface area contributed by atoms with Crippen molar-refractivity contribution in [1.82, 2.24) is 20.4 Å². The Balaban J connectivity index is 0.00000392. The highest BCUT2D eigenvalue weighted by molar-refractivity contribution is 14.0. The Morgan fingerprint density at radius 1 is 1.07 bits per heavy atom. The predicted molar refractivity (Wildman–Crippen MR) is 126 cm³/mol. The third-order valence-corrected chi connectivity index (χ3v) is 4.29. The van der Waals surface area contributed by atoms with Crippen LogP contribution in [-0.4, -0.2) is 42.5 Å². The van der Waals surface area contributed by atoms with Crippen molar-refractivity contribution >= 4 is 29.9 Å². The summed E-state index contributed by atoms with van der Waals surface area (Å²) in [6.45, 7) is 8.28. The fourth-order valence-electron chi connectivity index (χ4n) is 2.86. The van der Waals surface area contributed by atoms with Crippen LogP contribution >= 0.6 is 24.0 Å². The summed E-state index contributed by atoms with van der Waals surface area (Å²) in [6, 6.07) is 12.4. The highest BCUT2D eigenvalue weighted by Crippen LogP contribution is 2.02. The van der Waals surface area contributed by atoms with Crippen molar-refractivity contribution in [2.75, 3.05) is 26.7 Å². The topological polar surface area (TPSA) is 63.5 Å². The molecular weight excluding hydrogens is 465 g/mol. The molecule has 0 aliphatic carbocycles. The Morgan fingerprint density at radius 3 is 2.43 bits per heavy atom. The summed E-state index contributed by atoms with van der Waals surface area (Å²) in [5, 5.41) is 11.2. The molecule has 0 aliphatic rings. The predicted octanol–water partition coefficient (Wildman–Crippen LogP) is 3.67. The molecule has 0 bridgehead atoms. The molecule has 6 nitrogen and oxygen atoms in total. The molecule has 1 heterocycles. The Kier molecular flexibility index (Phi) is 12.6. The SMILES string of the molecule is CN=C(NCCCCOCc1ccccc1)NCCCn1nc(C)cc1C.I. The molecular formula is C21H34IN5O. The van der Waals surface area contributed by atoms with E-state index < -0.39 is 0 Å². The number of rotatable bonds is 11. The largest absolute Gasteiger partial charge is 0.377 e. The van der Waals surface area contributed by atoms with Gasteiger partial charge in [-0.1, -0.05) is 30.3 Å². The summed E-state index contributed by atoms with van der Waals surface area (Å²) in [4.78, 5) is 4.27. The van der Waals surface area contributed by atoms with E-state index in [2.05, 4.69) is 50.5 Å². The molecule has 0 aliphatic heterocycles. The van der Waals surface area contributed by atoms with Crippen molar-refractivity contribution in [1.29, 1.82) is 0 Å². The second-order valence-electron chi connectivity index (χ2n) is 6.67. The van der Waals surface area contributed by atoms with Gasteiger partial charge in [-0.15, -0.1) is 24.0 Å². The zero-order chi connectivity index (χ0) is 19.3. The zero-order valence-corrected chi connectivity index (χ0v) is 19.6. The van der Waals surface area contributed by atoms with Gasteiger partial charge in [0, 0.05) is 39.0 Å². The number of hydrogen-bond donors (Lipinski definition) is 2. The Bertz CT molecular complexity index is 687. The standard InChI is InChI=1S/C21H33N5O.HI/c1-18-16-19(2)26(25-18)14-9-13-24-21(22-3)23-12-7-8-15-27-17-20-10-5-4-6-11-20;/h4-6,10-11,16H,7-9,12-15,17H2,1-3H3,(H2,22,23,24);1H. The van der Waals surface area contributed by atoms with E-state index in [9.17, 15) is 0 Å². The van der Waals surface area contributed by atoms with E-state index in [4.69, 9.17) is 4.74 Å². The lowest BCUT2D eigenvalue weighted by molar-refractivity contribution is 0.117. The van der Waals surface area contributed by atoms with Gasteiger partial charge in [-0.05, 0) is 44.7 Å². The quantitative estimate of drug-likeness (QED) is 0.214. The molecule has 0 fully saturated rings. The van der Waals surface area contributed by atoms with Crippen molar-refractivity contribution < 1.29 is 4.74 Å². The molecule has 1 aromatic carbocycles. The number of unbranched alkanes of at least 4 members (excludes halogenated alkanes) is 1. The number of halogens is 1. The first kappa shape index (κ1) is 24.4. The van der Waals surface area contributed by atoms with Gasteiger partial charge in [-0.2, -0.15) is 5.10 Å². The minimum absolute atomic E-state index is 0. The monoisotopic (exact) mass is 499 g/mol. The van der Waals surface area contributed by atoms with Gasteiger partial charge in [0.05, 0.1) is 12.3 Å². The van der Waals surface area contributed by atoms with E-state index in [0.29, 0.717) is 6.61 Å². The minimum Gasteiger partial charge on any atom is -0.377 e. The van der Waals surface area contributed by atoms with Gasteiger partial charge in [0.1, 0.15) is 0 Å². The van der Waals surface area contributed by atoms with Crippen molar-refractivity contribution in [3.63, 3.8) is 0 Å². The summed E-state index contributed by atoms with van der Waals surface area (Å²) < 4.78 is 7.76. The van der Waals surface area contributed by atoms with Gasteiger partial charge in [-0.25, -0.2) is 0 Å². The first-order valence-electron chi connectivity index (χ1n) is 9.76. The molecule has 2 N–H and O–H groups in total. The summed E-state index contributed by atoms with van der Waals surface area (Å²) in [5.41, 5.74) is 3.51. The van der Waals surface area contributed by atoms with Gasteiger partial charge in [0.15, 0.2) is 5.96 Å². The fourth-order valence-corrected chi connectivity index (χ4v) is 2.86. The lowest BCUT2D eigenvalue weighted by Crippen LogP contribution is -2.38. The molecule has 156 valence electrons. The number of benzene rings is 1. The molecule has 7 heteroatoms. The van der Waals surface area contributed by atoms with E-state index in [1.807, 2.05) is 25.1 Å². The average Bonchev–Trinajstić information content (AvgIpc) is 3.00. The van der Waals surface area contributed by atoms with E-state index in [1.54, 1.807) is 7.05 Å². The van der Waals surface area contributed by atoms with Crippen LogP contribution in [0.4, 0.5) is 0 Å². The number of nitrogens with one attached hydrogen (secondary N) is 2. The smallest absolute Gasteiger partial charge is 0.190 e. The summed E-state index contributed by atoms with van der Waals surface area (Å²) in [6.07, 6.45) is 3.10. The van der Waals surface area contributed by atoms with Crippen molar-refractivity contribution in [2.24, 2.45) is 4.99 Å². The average molecular weight is 499 g/mol. The number of guanidine groups is 1. The molecule has 2 aromatic rings. The minimum atomic E-state index is 0. The molecule has 2 rings (SSSR count). The molecule has 0 spiro atoms. The van der Waals surface area contributed by atoms with Gasteiger partial charge < -0.3 is 15.4 Å². The second kappa shape index (κ2) is 14.4. The number of ether oxygens (including phenoxy) is 1. The first-order chi connectivity index (χ1) is 13.2. The van der Waals surface area contributed by atoms with Crippen LogP contribution in [0.1, 0.15) is 36.2 Å². The second-order valence-corrected chi connectivity index (χ2v) is 6.67. The summed E-state index contributed by atoms with van der Waals surface area (Å²) >= 11 is 0. The first-order valence-corrected chi connectivity index (χ1v) is 9.76. The molecule has 0 radical (unpaired) electrons. The number of nitrogens with zero attached hydrogens (tertiary/aromatic N) is 3. The Morgan fingerprint density at radius 2 is 1.79 bits per heavy atom. The van der Waals surface area contributed by atoms with Gasteiger partial charge in [0.25, 0.3) is 0 Å². The van der Waals surface area contributed by atoms with Gasteiger partial charge in [-0.3, -0.25) is 9.67 Å². The maximum atomic E-state index is 5.70. The van der Waals surface area contributed by atoms with Crippen LogP contribution in [0.15, 0.2) is 41.4 Å². The third kappa shape index (κ3) is 9.54. The van der Waals surface area contributed by atoms with Crippen LogP contribution in [0.5, 0.6) is 0 Å². The third-order valence-electron chi connectivity index (χ3n) is 4.29. The van der Waals surface area contributed by atoms with E-state index in [-0.39, 0.29) is 24.0 Å². The van der Waals surface area contributed by atoms with Crippen LogP contribution in [0, 0.1) is 13.8 Å². The zero-order valence-electron chi connectivity index (χ0n) is 17.3. The van der Waals surface area contributed by atoms with Crippen molar-refractivity contribution in [3.05, 3.63) is 53.3 Å². The Hall–Kier alpha value is -1.61. The Labute approximate surface area is 186 Å². The maximum Gasteiger partial charge on any atom is 0.190 e. The van der Waals surface area contributed by atoms with Crippen LogP contribution in [0.2, 0.25) is 0 Å². The van der Waals surface area contributed by atoms with Gasteiger partial charge >= 0.3 is 0 Å².